The van der Waals surface area contributed by atoms with Gasteiger partial charge >= 0.3 is 5.97 Å². The average Bonchev–Trinajstić information content (AvgIpc) is 2.52. The lowest BCUT2D eigenvalue weighted by Gasteiger charge is -2.23. The summed E-state index contributed by atoms with van der Waals surface area (Å²) in [6, 6.07) is 14.2. The Morgan fingerprint density at radius 3 is 2.26 bits per heavy atom. The summed E-state index contributed by atoms with van der Waals surface area (Å²) in [6.07, 6.45) is 0. The maximum absolute atomic E-state index is 12.6. The summed E-state index contributed by atoms with van der Waals surface area (Å²) >= 11 is 0. The number of hydrogen-bond donors (Lipinski definition) is 2. The first kappa shape index (κ1) is 16.7. The summed E-state index contributed by atoms with van der Waals surface area (Å²) in [5, 5.41) is 12.2. The fraction of sp³-hybridized carbons (Fsp3) is 0.263. The highest BCUT2D eigenvalue weighted by molar-refractivity contribution is 5.96. The molecule has 23 heavy (non-hydrogen) atoms. The number of carbonyl (C=O) groups excluding carboxylic acids is 1. The standard InChI is InChI=1S/C19H21NO3/c1-12-9-10-16(13(2)11-12)18(21)20-17(14(3)19(22)23)15-7-5-4-6-8-15/h4-11,14,17H,1-3H3,(H,20,21)(H,22,23). The summed E-state index contributed by atoms with van der Waals surface area (Å²) in [5.74, 6) is -1.93. The molecule has 0 aliphatic carbocycles. The van der Waals surface area contributed by atoms with Gasteiger partial charge in [0.2, 0.25) is 0 Å². The number of amides is 1. The van der Waals surface area contributed by atoms with Gasteiger partial charge < -0.3 is 10.4 Å². The molecule has 0 aliphatic rings. The Hall–Kier alpha value is -2.62. The molecule has 0 saturated carbocycles. The van der Waals surface area contributed by atoms with Gasteiger partial charge in [-0.15, -0.1) is 0 Å². The highest BCUT2D eigenvalue weighted by atomic mass is 16.4. The molecule has 2 rings (SSSR count). The zero-order valence-corrected chi connectivity index (χ0v) is 13.5. The topological polar surface area (TPSA) is 66.4 Å². The number of carbonyl (C=O) groups is 2. The number of carboxylic acids is 1. The molecule has 2 N–H and O–H groups in total. The van der Waals surface area contributed by atoms with Crippen LogP contribution in [-0.2, 0) is 4.79 Å². The summed E-state index contributed by atoms with van der Waals surface area (Å²) in [7, 11) is 0. The van der Waals surface area contributed by atoms with E-state index >= 15 is 0 Å². The number of rotatable bonds is 5. The molecule has 0 spiro atoms. The second-order valence-electron chi connectivity index (χ2n) is 5.81. The molecule has 0 fully saturated rings. The molecule has 0 bridgehead atoms. The number of aliphatic carboxylic acids is 1. The monoisotopic (exact) mass is 311 g/mol. The smallest absolute Gasteiger partial charge is 0.308 e. The largest absolute Gasteiger partial charge is 0.481 e. The lowest BCUT2D eigenvalue weighted by Crippen LogP contribution is -2.35. The molecule has 2 unspecified atom stereocenters. The maximum Gasteiger partial charge on any atom is 0.308 e. The van der Waals surface area contributed by atoms with E-state index < -0.39 is 17.9 Å². The lowest BCUT2D eigenvalue weighted by atomic mass is 9.94. The van der Waals surface area contributed by atoms with Crippen LogP contribution in [0.4, 0.5) is 0 Å². The first-order valence-corrected chi connectivity index (χ1v) is 7.56. The Balaban J connectivity index is 2.30. The van der Waals surface area contributed by atoms with Gasteiger partial charge in [-0.05, 0) is 38.0 Å². The molecule has 0 heterocycles. The van der Waals surface area contributed by atoms with E-state index in [1.165, 1.54) is 0 Å². The Labute approximate surface area is 136 Å². The Kier molecular flexibility index (Phi) is 5.16. The van der Waals surface area contributed by atoms with Gasteiger partial charge in [0.25, 0.3) is 5.91 Å². The molecule has 1 amide bonds. The van der Waals surface area contributed by atoms with Crippen molar-refractivity contribution in [1.29, 1.82) is 0 Å². The third kappa shape index (κ3) is 3.97. The van der Waals surface area contributed by atoms with Gasteiger partial charge in [-0.2, -0.15) is 0 Å². The highest BCUT2D eigenvalue weighted by Gasteiger charge is 2.27. The minimum atomic E-state index is -0.945. The van der Waals surface area contributed by atoms with Gasteiger partial charge in [0.05, 0.1) is 12.0 Å². The summed E-state index contributed by atoms with van der Waals surface area (Å²) in [4.78, 5) is 24.0. The van der Waals surface area contributed by atoms with Crippen LogP contribution in [0.1, 0.15) is 40.0 Å². The third-order valence-corrected chi connectivity index (χ3v) is 3.96. The van der Waals surface area contributed by atoms with Crippen LogP contribution in [0.2, 0.25) is 0 Å². The van der Waals surface area contributed by atoms with Gasteiger partial charge in [0.15, 0.2) is 0 Å². The van der Waals surface area contributed by atoms with E-state index in [2.05, 4.69) is 5.32 Å². The second kappa shape index (κ2) is 7.09. The predicted octanol–water partition coefficient (Wildman–Crippen LogP) is 3.50. The van der Waals surface area contributed by atoms with Crippen molar-refractivity contribution in [1.82, 2.24) is 5.32 Å². The number of hydrogen-bond acceptors (Lipinski definition) is 2. The minimum Gasteiger partial charge on any atom is -0.481 e. The molecular weight excluding hydrogens is 290 g/mol. The Morgan fingerprint density at radius 1 is 1.04 bits per heavy atom. The van der Waals surface area contributed by atoms with Crippen LogP contribution in [0.15, 0.2) is 48.5 Å². The van der Waals surface area contributed by atoms with Crippen LogP contribution in [-0.4, -0.2) is 17.0 Å². The normalized spacial score (nSPS) is 13.2. The van der Waals surface area contributed by atoms with E-state index in [0.29, 0.717) is 5.56 Å². The van der Waals surface area contributed by atoms with E-state index in [1.54, 1.807) is 13.0 Å². The number of carboxylic acid groups (broad SMARTS) is 1. The zero-order chi connectivity index (χ0) is 17.0. The maximum atomic E-state index is 12.6. The van der Waals surface area contributed by atoms with E-state index in [1.807, 2.05) is 56.3 Å². The van der Waals surface area contributed by atoms with E-state index in [-0.39, 0.29) is 5.91 Å². The lowest BCUT2D eigenvalue weighted by molar-refractivity contribution is -0.142. The molecule has 2 atom stereocenters. The molecule has 4 heteroatoms. The van der Waals surface area contributed by atoms with Gasteiger partial charge in [-0.25, -0.2) is 0 Å². The quantitative estimate of drug-likeness (QED) is 0.888. The van der Waals surface area contributed by atoms with Crippen molar-refractivity contribution in [3.8, 4) is 0 Å². The van der Waals surface area contributed by atoms with Crippen molar-refractivity contribution in [2.75, 3.05) is 0 Å². The summed E-state index contributed by atoms with van der Waals surface area (Å²) < 4.78 is 0. The number of aryl methyl sites for hydroxylation is 2. The highest BCUT2D eigenvalue weighted by Crippen LogP contribution is 2.23. The van der Waals surface area contributed by atoms with Crippen LogP contribution in [0, 0.1) is 19.8 Å². The van der Waals surface area contributed by atoms with Gasteiger partial charge in [0, 0.05) is 5.56 Å². The molecule has 0 radical (unpaired) electrons. The SMILES string of the molecule is Cc1ccc(C(=O)NC(c2ccccc2)C(C)C(=O)O)c(C)c1. The first-order valence-electron chi connectivity index (χ1n) is 7.56. The van der Waals surface area contributed by atoms with Gasteiger partial charge in [-0.1, -0.05) is 48.0 Å². The van der Waals surface area contributed by atoms with Crippen molar-refractivity contribution in [3.63, 3.8) is 0 Å². The van der Waals surface area contributed by atoms with Crippen LogP contribution in [0.3, 0.4) is 0 Å². The molecule has 0 aromatic heterocycles. The van der Waals surface area contributed by atoms with E-state index in [0.717, 1.165) is 16.7 Å². The van der Waals surface area contributed by atoms with E-state index in [9.17, 15) is 14.7 Å². The minimum absolute atomic E-state index is 0.260. The molecule has 4 nitrogen and oxygen atoms in total. The molecule has 0 aliphatic heterocycles. The summed E-state index contributed by atoms with van der Waals surface area (Å²) in [6.45, 7) is 5.44. The van der Waals surface area contributed by atoms with Crippen molar-refractivity contribution in [2.45, 2.75) is 26.8 Å². The zero-order valence-electron chi connectivity index (χ0n) is 13.5. The van der Waals surface area contributed by atoms with Crippen molar-refractivity contribution >= 4 is 11.9 Å². The summed E-state index contributed by atoms with van der Waals surface area (Å²) in [5.41, 5.74) is 3.30. The molecule has 0 saturated heterocycles. The molecule has 2 aromatic rings. The van der Waals surface area contributed by atoms with E-state index in [4.69, 9.17) is 0 Å². The number of nitrogens with one attached hydrogen (secondary N) is 1. The van der Waals surface area contributed by atoms with Crippen molar-refractivity contribution in [2.24, 2.45) is 5.92 Å². The number of benzene rings is 2. The third-order valence-electron chi connectivity index (χ3n) is 3.96. The Bertz CT molecular complexity index is 710. The average molecular weight is 311 g/mol. The fourth-order valence-electron chi connectivity index (χ4n) is 2.59. The van der Waals surface area contributed by atoms with Crippen molar-refractivity contribution < 1.29 is 14.7 Å². The molecule has 120 valence electrons. The van der Waals surface area contributed by atoms with Crippen LogP contribution >= 0.6 is 0 Å². The van der Waals surface area contributed by atoms with Crippen LogP contribution < -0.4 is 5.32 Å². The van der Waals surface area contributed by atoms with Crippen LogP contribution in [0.25, 0.3) is 0 Å². The predicted molar refractivity (Wildman–Crippen MR) is 89.4 cm³/mol. The second-order valence-corrected chi connectivity index (χ2v) is 5.81. The Morgan fingerprint density at radius 2 is 1.70 bits per heavy atom. The van der Waals surface area contributed by atoms with Crippen LogP contribution in [0.5, 0.6) is 0 Å². The first-order chi connectivity index (χ1) is 10.9. The molecule has 2 aromatic carbocycles. The fourth-order valence-corrected chi connectivity index (χ4v) is 2.59. The molecular formula is C19H21NO3. The van der Waals surface area contributed by atoms with Crippen molar-refractivity contribution in [3.05, 3.63) is 70.8 Å². The van der Waals surface area contributed by atoms with Gasteiger partial charge in [0.1, 0.15) is 0 Å². The van der Waals surface area contributed by atoms with Gasteiger partial charge in [-0.3, -0.25) is 9.59 Å².